The number of rotatable bonds is 4. The molecule has 3 N–H and O–H groups in total. The first-order valence-electron chi connectivity index (χ1n) is 6.66. The van der Waals surface area contributed by atoms with Gasteiger partial charge < -0.3 is 5.73 Å². The molecule has 0 unspecified atom stereocenters. The van der Waals surface area contributed by atoms with Crippen molar-refractivity contribution in [3.05, 3.63) is 47.0 Å². The van der Waals surface area contributed by atoms with Crippen LogP contribution in [0.3, 0.4) is 0 Å². The lowest BCUT2D eigenvalue weighted by atomic mass is 10.2. The van der Waals surface area contributed by atoms with E-state index in [1.807, 2.05) is 0 Å². The van der Waals surface area contributed by atoms with Crippen molar-refractivity contribution in [1.82, 2.24) is 30.7 Å². The summed E-state index contributed by atoms with van der Waals surface area (Å²) in [7, 11) is 0. The fraction of sp³-hybridized carbons (Fsp3) is 0.0769. The molecule has 0 atom stereocenters. The standard InChI is InChI=1S/C13H11FN8O2/c1-7-10(17-21-22(7)12-11(15)19-24-20-12)13(23)18-16-6-8-2-4-9(14)5-3-8/h2-6H,1H3,(H2,15,19)(H,18,23)/b16-6-. The minimum Gasteiger partial charge on any atom is -0.378 e. The van der Waals surface area contributed by atoms with Crippen molar-refractivity contribution in [1.29, 1.82) is 0 Å². The van der Waals surface area contributed by atoms with Gasteiger partial charge in [-0.1, -0.05) is 17.3 Å². The lowest BCUT2D eigenvalue weighted by molar-refractivity contribution is 0.0949. The number of halogens is 1. The Morgan fingerprint density at radius 3 is 2.79 bits per heavy atom. The third kappa shape index (κ3) is 2.95. The molecule has 24 heavy (non-hydrogen) atoms. The van der Waals surface area contributed by atoms with Crippen molar-refractivity contribution in [2.45, 2.75) is 6.92 Å². The summed E-state index contributed by atoms with van der Waals surface area (Å²) in [6.07, 6.45) is 1.37. The molecule has 0 aliphatic heterocycles. The van der Waals surface area contributed by atoms with Gasteiger partial charge in [0, 0.05) is 0 Å². The number of carbonyl (C=O) groups is 1. The Labute approximate surface area is 134 Å². The molecule has 0 spiro atoms. The molecule has 3 aromatic rings. The zero-order valence-electron chi connectivity index (χ0n) is 12.3. The minimum absolute atomic E-state index is 0.0179. The molecule has 1 amide bonds. The number of aromatic nitrogens is 5. The normalized spacial score (nSPS) is 11.1. The van der Waals surface area contributed by atoms with Gasteiger partial charge in [0.1, 0.15) is 5.82 Å². The monoisotopic (exact) mass is 330 g/mol. The molecule has 11 heteroatoms. The lowest BCUT2D eigenvalue weighted by Gasteiger charge is -1.99. The third-order valence-electron chi connectivity index (χ3n) is 3.06. The maximum absolute atomic E-state index is 12.8. The molecule has 2 heterocycles. The van der Waals surface area contributed by atoms with Crippen molar-refractivity contribution < 1.29 is 13.8 Å². The predicted octanol–water partition coefficient (Wildman–Crippen LogP) is 0.444. The van der Waals surface area contributed by atoms with E-state index >= 15 is 0 Å². The van der Waals surface area contributed by atoms with Gasteiger partial charge in [0.15, 0.2) is 5.69 Å². The Kier molecular flexibility index (Phi) is 3.97. The van der Waals surface area contributed by atoms with Gasteiger partial charge in [-0.2, -0.15) is 9.78 Å². The number of amides is 1. The number of nitrogens with one attached hydrogen (secondary N) is 1. The van der Waals surface area contributed by atoms with Gasteiger partial charge in [0.05, 0.1) is 11.9 Å². The van der Waals surface area contributed by atoms with Crippen molar-refractivity contribution in [2.24, 2.45) is 5.10 Å². The van der Waals surface area contributed by atoms with Crippen LogP contribution < -0.4 is 11.2 Å². The lowest BCUT2D eigenvalue weighted by Crippen LogP contribution is -2.19. The number of anilines is 1. The summed E-state index contributed by atoms with van der Waals surface area (Å²) in [5.41, 5.74) is 8.92. The minimum atomic E-state index is -0.577. The second-order valence-corrected chi connectivity index (χ2v) is 4.66. The number of carbonyl (C=O) groups excluding carboxylic acids is 1. The first-order valence-corrected chi connectivity index (χ1v) is 6.66. The molecule has 0 fully saturated rings. The highest BCUT2D eigenvalue weighted by Gasteiger charge is 2.20. The summed E-state index contributed by atoms with van der Waals surface area (Å²) < 4.78 is 18.5. The summed E-state index contributed by atoms with van der Waals surface area (Å²) in [5.74, 6) is -0.782. The van der Waals surface area contributed by atoms with Crippen LogP contribution in [0.1, 0.15) is 21.7 Å². The smallest absolute Gasteiger partial charge is 0.293 e. The second-order valence-electron chi connectivity index (χ2n) is 4.66. The highest BCUT2D eigenvalue weighted by Crippen LogP contribution is 2.14. The largest absolute Gasteiger partial charge is 0.378 e. The second kappa shape index (κ2) is 6.24. The third-order valence-corrected chi connectivity index (χ3v) is 3.06. The summed E-state index contributed by atoms with van der Waals surface area (Å²) in [4.78, 5) is 12.1. The maximum atomic E-state index is 12.8. The van der Waals surface area contributed by atoms with E-state index in [1.165, 1.54) is 35.2 Å². The van der Waals surface area contributed by atoms with Gasteiger partial charge in [0.2, 0.25) is 11.6 Å². The van der Waals surface area contributed by atoms with Gasteiger partial charge in [0.25, 0.3) is 5.91 Å². The fourth-order valence-electron chi connectivity index (χ4n) is 1.85. The molecule has 1 aromatic carbocycles. The molecular weight excluding hydrogens is 319 g/mol. The van der Waals surface area contributed by atoms with Crippen LogP contribution in [0.5, 0.6) is 0 Å². The SMILES string of the molecule is Cc1c(C(=O)N/N=C\c2ccc(F)cc2)nnn1-c1nonc1N. The molecule has 2 aromatic heterocycles. The van der Waals surface area contributed by atoms with Crippen LogP contribution in [-0.4, -0.2) is 37.4 Å². The predicted molar refractivity (Wildman–Crippen MR) is 79.8 cm³/mol. The van der Waals surface area contributed by atoms with Crippen LogP contribution in [0.25, 0.3) is 5.82 Å². The van der Waals surface area contributed by atoms with E-state index in [1.54, 1.807) is 6.92 Å². The number of hydrazone groups is 1. The van der Waals surface area contributed by atoms with E-state index < -0.39 is 5.91 Å². The topological polar surface area (TPSA) is 137 Å². The van der Waals surface area contributed by atoms with E-state index in [0.29, 0.717) is 11.3 Å². The molecule has 0 saturated heterocycles. The molecule has 3 rings (SSSR count). The molecule has 0 aliphatic rings. The average Bonchev–Trinajstić information content (AvgIpc) is 3.14. The average molecular weight is 330 g/mol. The molecule has 0 bridgehead atoms. The first-order chi connectivity index (χ1) is 11.6. The Bertz CT molecular complexity index is 899. The number of nitrogen functional groups attached to an aromatic ring is 1. The molecule has 0 saturated carbocycles. The Balaban J connectivity index is 1.73. The van der Waals surface area contributed by atoms with Gasteiger partial charge in [-0.25, -0.2) is 14.4 Å². The van der Waals surface area contributed by atoms with Crippen LogP contribution in [0.2, 0.25) is 0 Å². The van der Waals surface area contributed by atoms with Crippen molar-refractivity contribution in [2.75, 3.05) is 5.73 Å². The molecular formula is C13H11FN8O2. The van der Waals surface area contributed by atoms with Crippen LogP contribution in [0.15, 0.2) is 34.0 Å². The first kappa shape index (κ1) is 15.3. The van der Waals surface area contributed by atoms with Crippen LogP contribution in [0.4, 0.5) is 10.2 Å². The van der Waals surface area contributed by atoms with Crippen LogP contribution in [0, 0.1) is 12.7 Å². The Morgan fingerprint density at radius 2 is 2.12 bits per heavy atom. The number of nitrogens with zero attached hydrogens (tertiary/aromatic N) is 6. The van der Waals surface area contributed by atoms with Crippen molar-refractivity contribution in [3.8, 4) is 5.82 Å². The van der Waals surface area contributed by atoms with E-state index in [2.05, 4.69) is 35.8 Å². The number of hydrogen-bond acceptors (Lipinski definition) is 8. The molecule has 122 valence electrons. The quantitative estimate of drug-likeness (QED) is 0.523. The summed E-state index contributed by atoms with van der Waals surface area (Å²) in [5, 5.41) is 18.3. The number of benzene rings is 1. The van der Waals surface area contributed by atoms with Crippen molar-refractivity contribution in [3.63, 3.8) is 0 Å². The van der Waals surface area contributed by atoms with E-state index in [-0.39, 0.29) is 23.1 Å². The number of hydrogen-bond donors (Lipinski definition) is 2. The highest BCUT2D eigenvalue weighted by molar-refractivity contribution is 5.94. The maximum Gasteiger partial charge on any atom is 0.293 e. The van der Waals surface area contributed by atoms with E-state index in [0.717, 1.165) is 0 Å². The zero-order valence-corrected chi connectivity index (χ0v) is 12.3. The van der Waals surface area contributed by atoms with E-state index in [4.69, 9.17) is 5.73 Å². The van der Waals surface area contributed by atoms with Gasteiger partial charge >= 0.3 is 0 Å². The Morgan fingerprint density at radius 1 is 1.38 bits per heavy atom. The molecule has 0 aliphatic carbocycles. The highest BCUT2D eigenvalue weighted by atomic mass is 19.1. The Hall–Kier alpha value is -3.63. The summed E-state index contributed by atoms with van der Waals surface area (Å²) in [6.45, 7) is 1.60. The summed E-state index contributed by atoms with van der Waals surface area (Å²) in [6, 6.07) is 5.62. The molecule has 0 radical (unpaired) electrons. The van der Waals surface area contributed by atoms with E-state index in [9.17, 15) is 9.18 Å². The van der Waals surface area contributed by atoms with Gasteiger partial charge in [-0.15, -0.1) is 5.10 Å². The van der Waals surface area contributed by atoms with Gasteiger partial charge in [-0.05, 0) is 34.9 Å². The summed E-state index contributed by atoms with van der Waals surface area (Å²) >= 11 is 0. The van der Waals surface area contributed by atoms with Gasteiger partial charge in [-0.3, -0.25) is 4.79 Å². The zero-order chi connectivity index (χ0) is 17.1. The fourth-order valence-corrected chi connectivity index (χ4v) is 1.85. The number of nitrogens with two attached hydrogens (primary N) is 1. The van der Waals surface area contributed by atoms with Crippen LogP contribution in [-0.2, 0) is 0 Å². The molecule has 10 nitrogen and oxygen atoms in total. The van der Waals surface area contributed by atoms with Crippen molar-refractivity contribution >= 4 is 17.9 Å². The van der Waals surface area contributed by atoms with Crippen LogP contribution >= 0.6 is 0 Å².